The molecule has 0 fully saturated rings. The molecule has 0 aliphatic carbocycles. The van der Waals surface area contributed by atoms with Crippen molar-refractivity contribution in [1.29, 1.82) is 0 Å². The molecule has 2 heterocycles. The van der Waals surface area contributed by atoms with Crippen LogP contribution in [0.1, 0.15) is 33.2 Å². The van der Waals surface area contributed by atoms with Crippen molar-refractivity contribution in [2.24, 2.45) is 7.05 Å². The largest absolute Gasteiger partial charge is 0.379 e. The minimum absolute atomic E-state index is 0.124. The highest BCUT2D eigenvalue weighted by atomic mass is 16.5. The van der Waals surface area contributed by atoms with E-state index in [1.807, 2.05) is 49.6 Å². The number of hydrogen-bond acceptors (Lipinski definition) is 4. The van der Waals surface area contributed by atoms with E-state index in [9.17, 15) is 9.59 Å². The Morgan fingerprint density at radius 1 is 1.22 bits per heavy atom. The summed E-state index contributed by atoms with van der Waals surface area (Å²) in [5.41, 5.74) is 1.14. The minimum Gasteiger partial charge on any atom is -0.379 e. The Labute approximate surface area is 157 Å². The van der Waals surface area contributed by atoms with Crippen LogP contribution < -0.4 is 10.9 Å². The van der Waals surface area contributed by atoms with Gasteiger partial charge < -0.3 is 14.6 Å². The monoisotopic (exact) mass is 370 g/mol. The topological polar surface area (TPSA) is 78.2 Å². The Kier molecular flexibility index (Phi) is 5.60. The van der Waals surface area contributed by atoms with E-state index in [1.54, 1.807) is 13.2 Å². The molecule has 7 nitrogen and oxygen atoms in total. The van der Waals surface area contributed by atoms with Crippen LogP contribution in [0.5, 0.6) is 0 Å². The highest BCUT2D eigenvalue weighted by Gasteiger charge is 2.22. The molecule has 1 N–H and O–H groups in total. The maximum absolute atomic E-state index is 12.7. The molecule has 0 aliphatic rings. The van der Waals surface area contributed by atoms with Gasteiger partial charge in [-0.15, -0.1) is 0 Å². The number of nitrogens with zero attached hydrogens (tertiary/aromatic N) is 3. The number of aromatic nitrogens is 3. The van der Waals surface area contributed by atoms with Crippen LogP contribution in [-0.2, 0) is 16.6 Å². The highest BCUT2D eigenvalue weighted by molar-refractivity contribution is 6.08. The molecule has 1 aromatic carbocycles. The Balaban J connectivity index is 1.91. The molecule has 3 rings (SSSR count). The van der Waals surface area contributed by atoms with Crippen LogP contribution in [0.15, 0.2) is 35.3 Å². The summed E-state index contributed by atoms with van der Waals surface area (Å²) in [6.45, 7) is 6.92. The van der Waals surface area contributed by atoms with E-state index >= 15 is 0 Å². The minimum atomic E-state index is -0.520. The number of rotatable bonds is 7. The average Bonchev–Trinajstić information content (AvgIpc) is 2.98. The van der Waals surface area contributed by atoms with Crippen LogP contribution in [0.2, 0.25) is 0 Å². The van der Waals surface area contributed by atoms with Crippen molar-refractivity contribution >= 4 is 27.7 Å². The number of aryl methyl sites for hydroxylation is 1. The summed E-state index contributed by atoms with van der Waals surface area (Å²) in [4.78, 5) is 25.5. The number of carbonyl (C=O) groups excluding carboxylic acids is 1. The maximum Gasteiger partial charge on any atom is 0.291 e. The average molecular weight is 370 g/mol. The van der Waals surface area contributed by atoms with Crippen LogP contribution in [0.3, 0.4) is 0 Å². The number of hydrogen-bond donors (Lipinski definition) is 1. The van der Waals surface area contributed by atoms with Gasteiger partial charge in [0.15, 0.2) is 0 Å². The van der Waals surface area contributed by atoms with Crippen LogP contribution in [0, 0.1) is 0 Å². The molecular formula is C20H26N4O3. The van der Waals surface area contributed by atoms with E-state index in [4.69, 9.17) is 4.74 Å². The van der Waals surface area contributed by atoms with Crippen molar-refractivity contribution < 1.29 is 9.53 Å². The fourth-order valence-electron chi connectivity index (χ4n) is 3.26. The second kappa shape index (κ2) is 7.92. The molecule has 7 heteroatoms. The molecule has 1 atom stereocenters. The summed E-state index contributed by atoms with van der Waals surface area (Å²) < 4.78 is 8.60. The third-order valence-corrected chi connectivity index (χ3v) is 4.64. The van der Waals surface area contributed by atoms with Gasteiger partial charge in [-0.2, -0.15) is 5.10 Å². The SMILES string of the molecule is CC(C)OCCCNC(=O)C(C)n1c2ccccc2c2cnn(C)c(=O)c21. The first-order valence-corrected chi connectivity index (χ1v) is 9.26. The smallest absolute Gasteiger partial charge is 0.291 e. The van der Waals surface area contributed by atoms with Gasteiger partial charge in [-0.05, 0) is 33.3 Å². The van der Waals surface area contributed by atoms with Crippen molar-refractivity contribution in [1.82, 2.24) is 19.7 Å². The third-order valence-electron chi connectivity index (χ3n) is 4.64. The Bertz CT molecular complexity index is 1020. The molecule has 0 saturated carbocycles. The second-order valence-corrected chi connectivity index (χ2v) is 6.96. The maximum atomic E-state index is 12.7. The van der Waals surface area contributed by atoms with Gasteiger partial charge in [0, 0.05) is 31.0 Å². The van der Waals surface area contributed by atoms with Gasteiger partial charge in [-0.1, -0.05) is 18.2 Å². The predicted molar refractivity (Wildman–Crippen MR) is 106 cm³/mol. The highest BCUT2D eigenvalue weighted by Crippen LogP contribution is 2.29. The first-order chi connectivity index (χ1) is 12.9. The molecule has 2 aromatic heterocycles. The lowest BCUT2D eigenvalue weighted by Gasteiger charge is -2.17. The zero-order valence-corrected chi connectivity index (χ0v) is 16.2. The number of fused-ring (bicyclic) bond motifs is 3. The third kappa shape index (κ3) is 3.73. The number of carbonyl (C=O) groups is 1. The standard InChI is InChI=1S/C20H26N4O3/c1-13(2)27-11-7-10-21-19(25)14(3)24-17-9-6-5-8-15(17)16-12-22-23(4)20(26)18(16)24/h5-6,8-9,12-14H,7,10-11H2,1-4H3,(H,21,25). The van der Waals surface area contributed by atoms with Crippen LogP contribution in [-0.4, -0.2) is 39.5 Å². The molecule has 1 amide bonds. The number of benzene rings is 1. The molecule has 0 spiro atoms. The molecule has 0 bridgehead atoms. The lowest BCUT2D eigenvalue weighted by molar-refractivity contribution is -0.123. The molecule has 3 aromatic rings. The van der Waals surface area contributed by atoms with Gasteiger partial charge in [-0.3, -0.25) is 9.59 Å². The molecule has 27 heavy (non-hydrogen) atoms. The zero-order valence-electron chi connectivity index (χ0n) is 16.2. The molecular weight excluding hydrogens is 344 g/mol. The van der Waals surface area contributed by atoms with Gasteiger partial charge in [0.05, 0.1) is 17.8 Å². The van der Waals surface area contributed by atoms with Gasteiger partial charge in [0.25, 0.3) is 5.56 Å². The zero-order chi connectivity index (χ0) is 19.6. The first kappa shape index (κ1) is 19.1. The van der Waals surface area contributed by atoms with Gasteiger partial charge in [-0.25, -0.2) is 4.68 Å². The Hall–Kier alpha value is -2.67. The summed E-state index contributed by atoms with van der Waals surface area (Å²) in [7, 11) is 1.61. The van der Waals surface area contributed by atoms with Gasteiger partial charge >= 0.3 is 0 Å². The summed E-state index contributed by atoms with van der Waals surface area (Å²) in [6, 6.07) is 7.18. The van der Waals surface area contributed by atoms with Gasteiger partial charge in [0.1, 0.15) is 11.6 Å². The van der Waals surface area contributed by atoms with E-state index < -0.39 is 6.04 Å². The summed E-state index contributed by atoms with van der Waals surface area (Å²) >= 11 is 0. The Morgan fingerprint density at radius 2 is 1.96 bits per heavy atom. The molecule has 0 saturated heterocycles. The van der Waals surface area contributed by atoms with Crippen LogP contribution in [0.25, 0.3) is 21.8 Å². The molecule has 0 aliphatic heterocycles. The van der Waals surface area contributed by atoms with Crippen molar-refractivity contribution in [3.63, 3.8) is 0 Å². The van der Waals surface area contributed by atoms with Crippen molar-refractivity contribution in [2.45, 2.75) is 39.3 Å². The van der Waals surface area contributed by atoms with Crippen molar-refractivity contribution in [3.05, 3.63) is 40.8 Å². The van der Waals surface area contributed by atoms with E-state index in [2.05, 4.69) is 10.4 Å². The second-order valence-electron chi connectivity index (χ2n) is 6.96. The van der Waals surface area contributed by atoms with E-state index in [1.165, 1.54) is 4.68 Å². The van der Waals surface area contributed by atoms with E-state index in [-0.39, 0.29) is 17.6 Å². The molecule has 144 valence electrons. The molecule has 1 unspecified atom stereocenters. The number of nitrogens with one attached hydrogen (secondary N) is 1. The lowest BCUT2D eigenvalue weighted by Crippen LogP contribution is -2.33. The lowest BCUT2D eigenvalue weighted by atomic mass is 10.2. The number of para-hydroxylation sites is 1. The summed E-state index contributed by atoms with van der Waals surface area (Å²) in [6.07, 6.45) is 2.61. The fraction of sp³-hybridized carbons (Fsp3) is 0.450. The van der Waals surface area contributed by atoms with E-state index in [0.717, 1.165) is 22.7 Å². The fourth-order valence-corrected chi connectivity index (χ4v) is 3.26. The van der Waals surface area contributed by atoms with Gasteiger partial charge in [0.2, 0.25) is 5.91 Å². The number of ether oxygens (including phenoxy) is 1. The quantitative estimate of drug-likeness (QED) is 0.648. The predicted octanol–water partition coefficient (Wildman–Crippen LogP) is 2.38. The van der Waals surface area contributed by atoms with Crippen LogP contribution >= 0.6 is 0 Å². The summed E-state index contributed by atoms with van der Waals surface area (Å²) in [5.74, 6) is -0.124. The molecule has 0 radical (unpaired) electrons. The first-order valence-electron chi connectivity index (χ1n) is 9.26. The van der Waals surface area contributed by atoms with Crippen LogP contribution in [0.4, 0.5) is 0 Å². The summed E-state index contributed by atoms with van der Waals surface area (Å²) in [5, 5.41) is 8.76. The normalized spacial score (nSPS) is 12.8. The Morgan fingerprint density at radius 3 is 2.70 bits per heavy atom. The number of amides is 1. The van der Waals surface area contributed by atoms with E-state index in [0.29, 0.717) is 18.7 Å². The van der Waals surface area contributed by atoms with Crippen molar-refractivity contribution in [3.8, 4) is 0 Å². The van der Waals surface area contributed by atoms with Crippen molar-refractivity contribution in [2.75, 3.05) is 13.2 Å².